The van der Waals surface area contributed by atoms with Crippen molar-refractivity contribution in [3.8, 4) is 0 Å². The molecule has 0 amide bonds. The lowest BCUT2D eigenvalue weighted by molar-refractivity contribution is -0.141. The number of esters is 1. The van der Waals surface area contributed by atoms with Gasteiger partial charge >= 0.3 is 5.97 Å². The van der Waals surface area contributed by atoms with E-state index in [1.54, 1.807) is 6.92 Å². The summed E-state index contributed by atoms with van der Waals surface area (Å²) in [4.78, 5) is 13.7. The predicted molar refractivity (Wildman–Crippen MR) is 73.0 cm³/mol. The van der Waals surface area contributed by atoms with E-state index in [1.165, 1.54) is 25.6 Å². The van der Waals surface area contributed by atoms with Gasteiger partial charge < -0.3 is 15.0 Å². The smallest absolute Gasteiger partial charge is 0.327 e. The monoisotopic (exact) mass is 248 g/mol. The van der Waals surface area contributed by atoms with Crippen LogP contribution < -0.4 is 10.2 Å². The molecule has 1 saturated heterocycles. The molecule has 0 aromatic heterocycles. The van der Waals surface area contributed by atoms with Crippen LogP contribution in [0.3, 0.4) is 0 Å². The fourth-order valence-electron chi connectivity index (χ4n) is 2.23. The van der Waals surface area contributed by atoms with Crippen molar-refractivity contribution in [2.75, 3.05) is 30.4 Å². The van der Waals surface area contributed by atoms with Gasteiger partial charge in [0.05, 0.1) is 7.11 Å². The van der Waals surface area contributed by atoms with Crippen molar-refractivity contribution in [1.82, 2.24) is 0 Å². The molecule has 98 valence electrons. The van der Waals surface area contributed by atoms with E-state index < -0.39 is 0 Å². The molecule has 0 aliphatic carbocycles. The molecule has 1 atom stereocenters. The van der Waals surface area contributed by atoms with Crippen molar-refractivity contribution in [3.63, 3.8) is 0 Å². The van der Waals surface area contributed by atoms with E-state index in [0.717, 1.165) is 18.8 Å². The van der Waals surface area contributed by atoms with Crippen LogP contribution in [0.2, 0.25) is 0 Å². The van der Waals surface area contributed by atoms with Gasteiger partial charge in [-0.25, -0.2) is 4.79 Å². The number of nitrogens with one attached hydrogen (secondary N) is 1. The Balaban J connectivity index is 1.97. The number of hydrogen-bond donors (Lipinski definition) is 1. The molecule has 1 N–H and O–H groups in total. The lowest BCUT2D eigenvalue weighted by atomic mass is 10.2. The first-order chi connectivity index (χ1) is 8.70. The molecule has 4 nitrogen and oxygen atoms in total. The third-order valence-corrected chi connectivity index (χ3v) is 3.28. The number of carbonyl (C=O) groups excluding carboxylic acids is 1. The van der Waals surface area contributed by atoms with Crippen molar-refractivity contribution in [3.05, 3.63) is 24.3 Å². The summed E-state index contributed by atoms with van der Waals surface area (Å²) in [6, 6.07) is 7.88. The maximum Gasteiger partial charge on any atom is 0.327 e. The van der Waals surface area contributed by atoms with E-state index in [-0.39, 0.29) is 12.0 Å². The second-order valence-corrected chi connectivity index (χ2v) is 4.63. The Morgan fingerprint density at radius 1 is 1.28 bits per heavy atom. The minimum atomic E-state index is -0.326. The van der Waals surface area contributed by atoms with Gasteiger partial charge in [-0.2, -0.15) is 0 Å². The van der Waals surface area contributed by atoms with Crippen molar-refractivity contribution in [2.24, 2.45) is 0 Å². The summed E-state index contributed by atoms with van der Waals surface area (Å²) < 4.78 is 4.68. The summed E-state index contributed by atoms with van der Waals surface area (Å²) >= 11 is 0. The summed E-state index contributed by atoms with van der Waals surface area (Å²) in [5.41, 5.74) is 2.19. The second-order valence-electron chi connectivity index (χ2n) is 4.63. The summed E-state index contributed by atoms with van der Waals surface area (Å²) in [5.74, 6) is -0.251. The molecule has 0 spiro atoms. The SMILES string of the molecule is COC(=O)C(C)Nc1ccc(N2CCCC2)cc1. The van der Waals surface area contributed by atoms with Crippen LogP contribution in [0.15, 0.2) is 24.3 Å². The zero-order valence-electron chi connectivity index (χ0n) is 11.0. The summed E-state index contributed by atoms with van der Waals surface area (Å²) in [6.45, 7) is 4.08. The zero-order valence-corrected chi connectivity index (χ0v) is 11.0. The summed E-state index contributed by atoms with van der Waals surface area (Å²) in [6.07, 6.45) is 2.55. The van der Waals surface area contributed by atoms with Gasteiger partial charge in [0, 0.05) is 24.5 Å². The molecule has 0 saturated carbocycles. The van der Waals surface area contributed by atoms with Crippen LogP contribution in [-0.4, -0.2) is 32.2 Å². The maximum atomic E-state index is 11.3. The maximum absolute atomic E-state index is 11.3. The van der Waals surface area contributed by atoms with E-state index in [2.05, 4.69) is 27.1 Å². The fraction of sp³-hybridized carbons (Fsp3) is 0.500. The molecule has 0 radical (unpaired) electrons. The van der Waals surface area contributed by atoms with E-state index >= 15 is 0 Å². The predicted octanol–water partition coefficient (Wildman–Crippen LogP) is 2.26. The molecule has 1 heterocycles. The second kappa shape index (κ2) is 5.76. The Kier molecular flexibility index (Phi) is 4.07. The van der Waals surface area contributed by atoms with Gasteiger partial charge in [-0.1, -0.05) is 0 Å². The first kappa shape index (κ1) is 12.7. The molecule has 1 aromatic carbocycles. The highest BCUT2D eigenvalue weighted by molar-refractivity contribution is 5.78. The number of ether oxygens (including phenoxy) is 1. The number of anilines is 2. The average molecular weight is 248 g/mol. The topological polar surface area (TPSA) is 41.6 Å². The van der Waals surface area contributed by atoms with Crippen LogP contribution in [-0.2, 0) is 9.53 Å². The zero-order chi connectivity index (χ0) is 13.0. The highest BCUT2D eigenvalue weighted by atomic mass is 16.5. The molecular formula is C14H20N2O2. The number of methoxy groups -OCH3 is 1. The van der Waals surface area contributed by atoms with Crippen molar-refractivity contribution < 1.29 is 9.53 Å². The van der Waals surface area contributed by atoms with E-state index in [9.17, 15) is 4.79 Å². The van der Waals surface area contributed by atoms with Crippen molar-refractivity contribution in [1.29, 1.82) is 0 Å². The van der Waals surface area contributed by atoms with Gasteiger partial charge in [-0.3, -0.25) is 0 Å². The van der Waals surface area contributed by atoms with Crippen LogP contribution >= 0.6 is 0 Å². The van der Waals surface area contributed by atoms with E-state index in [1.807, 2.05) is 12.1 Å². The van der Waals surface area contributed by atoms with Crippen LogP contribution in [0.4, 0.5) is 11.4 Å². The Bertz CT molecular complexity index is 397. The van der Waals surface area contributed by atoms with Gasteiger partial charge in [-0.05, 0) is 44.0 Å². The fourth-order valence-corrected chi connectivity index (χ4v) is 2.23. The van der Waals surface area contributed by atoms with Crippen molar-refractivity contribution >= 4 is 17.3 Å². The summed E-state index contributed by atoms with van der Waals surface area (Å²) in [5, 5.41) is 3.12. The van der Waals surface area contributed by atoms with Gasteiger partial charge in [0.15, 0.2) is 0 Å². The quantitative estimate of drug-likeness (QED) is 0.830. The molecule has 2 rings (SSSR count). The lowest BCUT2D eigenvalue weighted by Crippen LogP contribution is -2.27. The largest absolute Gasteiger partial charge is 0.467 e. The van der Waals surface area contributed by atoms with Crippen LogP contribution in [0.25, 0.3) is 0 Å². The number of benzene rings is 1. The molecule has 1 aromatic rings. The van der Waals surface area contributed by atoms with Crippen LogP contribution in [0.5, 0.6) is 0 Å². The average Bonchev–Trinajstić information content (AvgIpc) is 2.92. The standard InChI is InChI=1S/C14H20N2O2/c1-11(14(17)18-2)15-12-5-7-13(8-6-12)16-9-3-4-10-16/h5-8,11,15H,3-4,9-10H2,1-2H3. The minimum Gasteiger partial charge on any atom is -0.467 e. The normalized spacial score (nSPS) is 16.4. The minimum absolute atomic E-state index is 0.251. The molecule has 18 heavy (non-hydrogen) atoms. The van der Waals surface area contributed by atoms with Gasteiger partial charge in [0.1, 0.15) is 6.04 Å². The Labute approximate surface area is 108 Å². The van der Waals surface area contributed by atoms with Crippen LogP contribution in [0, 0.1) is 0 Å². The first-order valence-electron chi connectivity index (χ1n) is 6.40. The number of rotatable bonds is 4. The highest BCUT2D eigenvalue weighted by Crippen LogP contribution is 2.22. The Morgan fingerprint density at radius 3 is 2.44 bits per heavy atom. The van der Waals surface area contributed by atoms with Gasteiger partial charge in [0.25, 0.3) is 0 Å². The van der Waals surface area contributed by atoms with E-state index in [0.29, 0.717) is 0 Å². The Morgan fingerprint density at radius 2 is 1.89 bits per heavy atom. The molecule has 1 aliphatic rings. The number of hydrogen-bond acceptors (Lipinski definition) is 4. The molecule has 1 aliphatic heterocycles. The van der Waals surface area contributed by atoms with Gasteiger partial charge in [-0.15, -0.1) is 0 Å². The first-order valence-corrected chi connectivity index (χ1v) is 6.40. The summed E-state index contributed by atoms with van der Waals surface area (Å²) in [7, 11) is 1.40. The number of nitrogens with zero attached hydrogens (tertiary/aromatic N) is 1. The molecule has 1 fully saturated rings. The van der Waals surface area contributed by atoms with Crippen LogP contribution in [0.1, 0.15) is 19.8 Å². The van der Waals surface area contributed by atoms with Crippen molar-refractivity contribution in [2.45, 2.75) is 25.8 Å². The molecule has 4 heteroatoms. The Hall–Kier alpha value is -1.71. The molecule has 0 bridgehead atoms. The number of carbonyl (C=O) groups is 1. The lowest BCUT2D eigenvalue weighted by Gasteiger charge is -2.18. The van der Waals surface area contributed by atoms with E-state index in [4.69, 9.17) is 0 Å². The third kappa shape index (κ3) is 2.94. The van der Waals surface area contributed by atoms with Gasteiger partial charge in [0.2, 0.25) is 0 Å². The highest BCUT2D eigenvalue weighted by Gasteiger charge is 2.14. The molecular weight excluding hydrogens is 228 g/mol. The third-order valence-electron chi connectivity index (χ3n) is 3.28. The molecule has 1 unspecified atom stereocenters.